The van der Waals surface area contributed by atoms with Gasteiger partial charge in [-0.3, -0.25) is 38.4 Å². The molecule has 0 unspecified atom stereocenters. The molecule has 0 aromatic rings. The van der Waals surface area contributed by atoms with E-state index >= 15 is 0 Å². The summed E-state index contributed by atoms with van der Waals surface area (Å²) in [5.41, 5.74) is 0. The van der Waals surface area contributed by atoms with E-state index in [0.29, 0.717) is 99.7 Å². The summed E-state index contributed by atoms with van der Waals surface area (Å²) < 4.78 is 44.3. The zero-order valence-electron chi connectivity index (χ0n) is 63.2. The number of hydrogen-bond donors (Lipinski definition) is 0. The first kappa shape index (κ1) is 86.0. The van der Waals surface area contributed by atoms with Crippen molar-refractivity contribution in [2.24, 2.45) is 71.0 Å². The molecule has 0 amide bonds. The molecule has 4 aliphatic carbocycles. The van der Waals surface area contributed by atoms with Gasteiger partial charge < -0.3 is 52.6 Å². The van der Waals surface area contributed by atoms with Crippen molar-refractivity contribution in [2.75, 3.05) is 112 Å². The third-order valence-electron chi connectivity index (χ3n) is 21.2. The molecule has 19 nitrogen and oxygen atoms in total. The van der Waals surface area contributed by atoms with Crippen LogP contribution in [0, 0.1) is 71.0 Å². The van der Waals surface area contributed by atoms with Gasteiger partial charge in [0.2, 0.25) is 0 Å². The molecular weight excluding hydrogens is 1250 g/mol. The van der Waals surface area contributed by atoms with Crippen LogP contribution in [0.1, 0.15) is 274 Å². The Morgan fingerprint density at radius 3 is 0.684 bits per heavy atom. The smallest absolute Gasteiger partial charge is 0.309 e. The van der Waals surface area contributed by atoms with Crippen LogP contribution < -0.4 is 0 Å². The van der Waals surface area contributed by atoms with Gasteiger partial charge in [-0.1, -0.05) is 132 Å². The molecule has 4 fully saturated rings. The molecule has 0 spiro atoms. The topological polar surface area (TPSA) is 220 Å². The SMILES string of the molecule is CC(C)CCCC1CCC(C(=O)OCCOC(=O)CCN(CCCN(C)CCCN(CCC(=O)OCCOC(=O)C2CCC(CCCC(C)C)CC2)CCC(=O)OCCOC(=O)C2CCC(CCCC(C)C)CC2)CCC(=O)OCCOC(=O)C2CCC(CCCC(C)C)CC2)CC1. The van der Waals surface area contributed by atoms with E-state index in [9.17, 15) is 38.4 Å². The summed E-state index contributed by atoms with van der Waals surface area (Å²) in [7, 11) is 2.03. The van der Waals surface area contributed by atoms with E-state index in [2.05, 4.69) is 60.3 Å². The second-order valence-corrected chi connectivity index (χ2v) is 31.4. The molecule has 0 radical (unpaired) electrons. The Morgan fingerprint density at radius 2 is 0.480 bits per heavy atom. The van der Waals surface area contributed by atoms with Gasteiger partial charge in [-0.2, -0.15) is 0 Å². The molecule has 0 bridgehead atoms. The predicted molar refractivity (Wildman–Crippen MR) is 382 cm³/mol. The van der Waals surface area contributed by atoms with Gasteiger partial charge >= 0.3 is 47.8 Å². The third kappa shape index (κ3) is 40.9. The number of rotatable bonds is 52. The Labute approximate surface area is 593 Å². The number of carbonyl (C=O) groups is 8. The number of carbonyl (C=O) groups excluding carboxylic acids is 8. The second-order valence-electron chi connectivity index (χ2n) is 31.4. The van der Waals surface area contributed by atoms with Crippen molar-refractivity contribution >= 4 is 47.8 Å². The maximum Gasteiger partial charge on any atom is 0.309 e. The quantitative estimate of drug-likeness (QED) is 0.0314. The fourth-order valence-electron chi connectivity index (χ4n) is 14.9. The highest BCUT2D eigenvalue weighted by Crippen LogP contribution is 2.37. The largest absolute Gasteiger partial charge is 0.462 e. The molecule has 4 rings (SSSR count). The predicted octanol–water partition coefficient (Wildman–Crippen LogP) is 14.7. The lowest BCUT2D eigenvalue weighted by Gasteiger charge is -2.27. The number of nitrogens with zero attached hydrogens (tertiary/aromatic N) is 3. The average Bonchev–Trinajstić information content (AvgIpc) is 0.948. The van der Waals surface area contributed by atoms with E-state index in [1.165, 1.54) is 77.0 Å². The van der Waals surface area contributed by atoms with Gasteiger partial charge in [0.25, 0.3) is 0 Å². The molecule has 0 aromatic carbocycles. The van der Waals surface area contributed by atoms with E-state index in [4.69, 9.17) is 37.9 Å². The summed E-state index contributed by atoms with van der Waals surface area (Å²) in [6, 6.07) is 0. The zero-order valence-corrected chi connectivity index (χ0v) is 63.2. The maximum absolute atomic E-state index is 13.1. The summed E-state index contributed by atoms with van der Waals surface area (Å²) in [6.07, 6.45) is 31.5. The molecule has 566 valence electrons. The summed E-state index contributed by atoms with van der Waals surface area (Å²) >= 11 is 0. The minimum atomic E-state index is -0.424. The highest BCUT2D eigenvalue weighted by molar-refractivity contribution is 5.74. The minimum Gasteiger partial charge on any atom is -0.462 e. The third-order valence-corrected chi connectivity index (χ3v) is 21.2. The first-order valence-corrected chi connectivity index (χ1v) is 39.5. The maximum atomic E-state index is 13.1. The summed E-state index contributed by atoms with van der Waals surface area (Å²) in [5, 5.41) is 0. The van der Waals surface area contributed by atoms with Crippen LogP contribution >= 0.6 is 0 Å². The molecule has 0 atom stereocenters. The fourth-order valence-corrected chi connectivity index (χ4v) is 14.9. The van der Waals surface area contributed by atoms with Gasteiger partial charge in [0.15, 0.2) is 0 Å². The molecule has 0 N–H and O–H groups in total. The molecule has 0 aromatic heterocycles. The minimum absolute atomic E-state index is 0.00578. The summed E-state index contributed by atoms with van der Waals surface area (Å²) in [6.45, 7) is 21.8. The molecule has 98 heavy (non-hydrogen) atoms. The van der Waals surface area contributed by atoms with Crippen molar-refractivity contribution < 1.29 is 76.3 Å². The lowest BCUT2D eigenvalue weighted by atomic mass is 9.79. The van der Waals surface area contributed by atoms with Crippen LogP contribution in [0.5, 0.6) is 0 Å². The fraction of sp³-hybridized carbons (Fsp3) is 0.899. The number of hydrogen-bond acceptors (Lipinski definition) is 19. The highest BCUT2D eigenvalue weighted by Gasteiger charge is 2.32. The molecule has 0 aliphatic heterocycles. The van der Waals surface area contributed by atoms with Crippen LogP contribution in [-0.4, -0.2) is 175 Å². The van der Waals surface area contributed by atoms with Crippen LogP contribution in [0.15, 0.2) is 0 Å². The molecule has 0 heterocycles. The van der Waals surface area contributed by atoms with Gasteiger partial charge in [-0.25, -0.2) is 0 Å². The average molecular weight is 1390 g/mol. The first-order chi connectivity index (χ1) is 47.1. The van der Waals surface area contributed by atoms with Crippen molar-refractivity contribution in [1.82, 2.24) is 14.7 Å². The van der Waals surface area contributed by atoms with Gasteiger partial charge in [0.05, 0.1) is 49.4 Å². The Kier molecular flexibility index (Phi) is 45.4. The second kappa shape index (κ2) is 51.7. The summed E-state index contributed by atoms with van der Waals surface area (Å²) in [4.78, 5) is 110. The molecular formula is C79H139N3O16. The molecule has 19 heteroatoms. The van der Waals surface area contributed by atoms with E-state index in [-0.39, 0.29) is 126 Å². The monoisotopic (exact) mass is 1390 g/mol. The molecule has 0 saturated heterocycles. The summed E-state index contributed by atoms with van der Waals surface area (Å²) in [5.74, 6) is 2.50. The van der Waals surface area contributed by atoms with Crippen LogP contribution in [0.3, 0.4) is 0 Å². The van der Waals surface area contributed by atoms with Crippen molar-refractivity contribution in [3.63, 3.8) is 0 Å². The van der Waals surface area contributed by atoms with Crippen LogP contribution in [0.4, 0.5) is 0 Å². The standard InChI is InChI=1S/C79H139N3O16/c1-60(2)16-10-20-64-24-32-68(33-25-64)76(87)95-56-52-91-72(83)40-48-81(49-41-73(84)92-53-57-96-77(88)69-34-26-65(27-35-69)21-11-17-61(3)4)46-14-44-80(9)45-15-47-82(50-42-74(85)93-54-58-97-78(89)70-36-28-66(29-37-70)22-12-18-62(5)6)51-43-75(86)94-55-59-98-79(90)71-38-30-67(31-39-71)23-13-19-63(7)8/h60-71H,10-59H2,1-9H3. The van der Waals surface area contributed by atoms with Gasteiger partial charge in [-0.05, 0) is 196 Å². The zero-order chi connectivity index (χ0) is 71.3. The van der Waals surface area contributed by atoms with Gasteiger partial charge in [0.1, 0.15) is 52.9 Å². The van der Waals surface area contributed by atoms with Crippen LogP contribution in [0.2, 0.25) is 0 Å². The molecule has 4 aliphatic rings. The van der Waals surface area contributed by atoms with Crippen LogP contribution in [-0.2, 0) is 76.3 Å². The van der Waals surface area contributed by atoms with Crippen molar-refractivity contribution in [2.45, 2.75) is 274 Å². The molecule has 4 saturated carbocycles. The van der Waals surface area contributed by atoms with Gasteiger partial charge in [-0.15, -0.1) is 0 Å². The normalized spacial score (nSPS) is 21.4. The Bertz CT molecular complexity index is 1910. The Hall–Kier alpha value is -4.36. The Balaban J connectivity index is 1.23. The van der Waals surface area contributed by atoms with E-state index in [0.717, 1.165) is 116 Å². The van der Waals surface area contributed by atoms with Crippen molar-refractivity contribution in [3.8, 4) is 0 Å². The lowest BCUT2D eigenvalue weighted by Crippen LogP contribution is -2.34. The van der Waals surface area contributed by atoms with Crippen LogP contribution in [0.25, 0.3) is 0 Å². The van der Waals surface area contributed by atoms with Crippen molar-refractivity contribution in [1.29, 1.82) is 0 Å². The van der Waals surface area contributed by atoms with E-state index in [1.807, 2.05) is 16.8 Å². The number of esters is 8. The van der Waals surface area contributed by atoms with Gasteiger partial charge in [0, 0.05) is 26.2 Å². The van der Waals surface area contributed by atoms with E-state index < -0.39 is 23.9 Å². The van der Waals surface area contributed by atoms with Crippen molar-refractivity contribution in [3.05, 3.63) is 0 Å². The number of ether oxygens (including phenoxy) is 8. The Morgan fingerprint density at radius 1 is 0.276 bits per heavy atom. The highest BCUT2D eigenvalue weighted by atomic mass is 16.6. The van der Waals surface area contributed by atoms with E-state index in [1.54, 1.807) is 0 Å². The lowest BCUT2D eigenvalue weighted by molar-refractivity contribution is -0.156. The first-order valence-electron chi connectivity index (χ1n) is 39.5.